The topological polar surface area (TPSA) is 65.1 Å². The van der Waals surface area contributed by atoms with Gasteiger partial charge in [0.2, 0.25) is 11.8 Å². The molecule has 32 heavy (non-hydrogen) atoms. The first-order valence-electron chi connectivity index (χ1n) is 11.4. The molecule has 0 spiro atoms. The van der Waals surface area contributed by atoms with Crippen molar-refractivity contribution in [3.05, 3.63) is 71.8 Å². The summed E-state index contributed by atoms with van der Waals surface area (Å²) in [5.41, 5.74) is 2.27. The van der Waals surface area contributed by atoms with E-state index in [-0.39, 0.29) is 24.4 Å². The Bertz CT molecular complexity index is 824. The second kappa shape index (κ2) is 11.2. The van der Waals surface area contributed by atoms with Crippen LogP contribution in [-0.2, 0) is 14.3 Å². The van der Waals surface area contributed by atoms with Crippen LogP contribution >= 0.6 is 0 Å². The van der Waals surface area contributed by atoms with Crippen LogP contribution in [0.5, 0.6) is 0 Å². The molecule has 2 aliphatic heterocycles. The molecule has 0 atom stereocenters. The number of ether oxygens (including phenoxy) is 1. The average molecular weight is 437 g/mol. The molecule has 2 fully saturated rings. The van der Waals surface area contributed by atoms with Gasteiger partial charge in [-0.05, 0) is 11.1 Å². The number of nitrogens with zero attached hydrogens (tertiary/aromatic N) is 3. The number of nitrogens with one attached hydrogen (secondary N) is 1. The standard InChI is InChI=1S/C25H32N4O3/c30-23(19-26-25(21-7-3-1-4-8-21)22-9-5-2-6-10-22)28-13-11-27(12-14-28)20-24(31)29-15-17-32-18-16-29/h1-10,25-26H,11-20H2. The quantitative estimate of drug-likeness (QED) is 0.710. The van der Waals surface area contributed by atoms with Gasteiger partial charge in [-0.15, -0.1) is 0 Å². The molecule has 2 aliphatic rings. The van der Waals surface area contributed by atoms with Crippen molar-refractivity contribution in [3.8, 4) is 0 Å². The van der Waals surface area contributed by atoms with E-state index in [9.17, 15) is 9.59 Å². The molecule has 1 N–H and O–H groups in total. The van der Waals surface area contributed by atoms with E-state index in [4.69, 9.17) is 4.74 Å². The minimum Gasteiger partial charge on any atom is -0.378 e. The Balaban J connectivity index is 1.27. The molecule has 2 aromatic carbocycles. The lowest BCUT2D eigenvalue weighted by Crippen LogP contribution is -2.53. The van der Waals surface area contributed by atoms with Crippen molar-refractivity contribution in [1.82, 2.24) is 20.0 Å². The molecule has 4 rings (SSSR count). The highest BCUT2D eigenvalue weighted by atomic mass is 16.5. The Morgan fingerprint density at radius 2 is 1.28 bits per heavy atom. The third kappa shape index (κ3) is 5.94. The summed E-state index contributed by atoms with van der Waals surface area (Å²) in [5, 5.41) is 3.46. The summed E-state index contributed by atoms with van der Waals surface area (Å²) in [7, 11) is 0. The molecule has 0 unspecified atom stereocenters. The first-order chi connectivity index (χ1) is 15.7. The maximum absolute atomic E-state index is 12.9. The Hall–Kier alpha value is -2.74. The molecule has 7 heteroatoms. The number of rotatable bonds is 7. The lowest BCUT2D eigenvalue weighted by Gasteiger charge is -2.36. The Morgan fingerprint density at radius 3 is 1.84 bits per heavy atom. The van der Waals surface area contributed by atoms with Gasteiger partial charge in [0.05, 0.1) is 32.3 Å². The zero-order valence-electron chi connectivity index (χ0n) is 18.5. The fraction of sp³-hybridized carbons (Fsp3) is 0.440. The van der Waals surface area contributed by atoms with Crippen LogP contribution in [0.1, 0.15) is 17.2 Å². The maximum atomic E-state index is 12.9. The van der Waals surface area contributed by atoms with Crippen molar-refractivity contribution in [2.24, 2.45) is 0 Å². The summed E-state index contributed by atoms with van der Waals surface area (Å²) in [6.45, 7) is 6.04. The number of benzene rings is 2. The van der Waals surface area contributed by atoms with E-state index in [2.05, 4.69) is 34.5 Å². The molecular formula is C25H32N4O3. The van der Waals surface area contributed by atoms with Crippen LogP contribution in [0.3, 0.4) is 0 Å². The Morgan fingerprint density at radius 1 is 0.750 bits per heavy atom. The predicted octanol–water partition coefficient (Wildman–Crippen LogP) is 1.37. The van der Waals surface area contributed by atoms with Gasteiger partial charge in [-0.25, -0.2) is 0 Å². The van der Waals surface area contributed by atoms with Gasteiger partial charge in [-0.3, -0.25) is 19.8 Å². The van der Waals surface area contributed by atoms with Crippen LogP contribution in [0.25, 0.3) is 0 Å². The van der Waals surface area contributed by atoms with Gasteiger partial charge >= 0.3 is 0 Å². The third-order valence-corrected chi connectivity index (χ3v) is 6.17. The van der Waals surface area contributed by atoms with E-state index in [0.717, 1.165) is 24.2 Å². The molecule has 170 valence electrons. The Labute approximate surface area is 189 Å². The molecule has 7 nitrogen and oxygen atoms in total. The molecular weight excluding hydrogens is 404 g/mol. The number of carbonyl (C=O) groups is 2. The molecule has 0 aromatic heterocycles. The van der Waals surface area contributed by atoms with Gasteiger partial charge in [0.15, 0.2) is 0 Å². The van der Waals surface area contributed by atoms with E-state index in [1.807, 2.05) is 46.2 Å². The normalized spacial score (nSPS) is 17.5. The average Bonchev–Trinajstić information content (AvgIpc) is 2.86. The van der Waals surface area contributed by atoms with Crippen LogP contribution in [0.15, 0.2) is 60.7 Å². The number of hydrogen-bond acceptors (Lipinski definition) is 5. The minimum absolute atomic E-state index is 0.0335. The van der Waals surface area contributed by atoms with Crippen molar-refractivity contribution >= 4 is 11.8 Å². The SMILES string of the molecule is O=C(CNC(c1ccccc1)c1ccccc1)N1CCN(CC(=O)N2CCOCC2)CC1. The third-order valence-electron chi connectivity index (χ3n) is 6.17. The fourth-order valence-electron chi connectivity index (χ4n) is 4.28. The lowest BCUT2D eigenvalue weighted by atomic mass is 9.99. The van der Waals surface area contributed by atoms with Crippen molar-refractivity contribution < 1.29 is 14.3 Å². The molecule has 0 saturated carbocycles. The molecule has 2 saturated heterocycles. The molecule has 0 aliphatic carbocycles. The molecule has 2 amide bonds. The molecule has 0 bridgehead atoms. The van der Waals surface area contributed by atoms with E-state index < -0.39 is 0 Å². The van der Waals surface area contributed by atoms with Crippen LogP contribution in [0, 0.1) is 0 Å². The van der Waals surface area contributed by atoms with Crippen LogP contribution < -0.4 is 5.32 Å². The second-order valence-electron chi connectivity index (χ2n) is 8.29. The monoisotopic (exact) mass is 436 g/mol. The second-order valence-corrected chi connectivity index (χ2v) is 8.29. The van der Waals surface area contributed by atoms with Gasteiger partial charge in [-0.2, -0.15) is 0 Å². The van der Waals surface area contributed by atoms with Gasteiger partial charge < -0.3 is 14.5 Å². The van der Waals surface area contributed by atoms with Crippen molar-refractivity contribution in [2.45, 2.75) is 6.04 Å². The zero-order valence-corrected chi connectivity index (χ0v) is 18.5. The van der Waals surface area contributed by atoms with Crippen LogP contribution in [0.2, 0.25) is 0 Å². The highest BCUT2D eigenvalue weighted by Crippen LogP contribution is 2.21. The first kappa shape index (κ1) is 22.5. The fourth-order valence-corrected chi connectivity index (χ4v) is 4.28. The largest absolute Gasteiger partial charge is 0.378 e. The molecule has 2 aromatic rings. The van der Waals surface area contributed by atoms with Crippen molar-refractivity contribution in [1.29, 1.82) is 0 Å². The summed E-state index contributed by atoms with van der Waals surface area (Å²) in [4.78, 5) is 31.3. The maximum Gasteiger partial charge on any atom is 0.236 e. The predicted molar refractivity (Wildman–Crippen MR) is 123 cm³/mol. The van der Waals surface area contributed by atoms with Gasteiger partial charge in [0.25, 0.3) is 0 Å². The highest BCUT2D eigenvalue weighted by molar-refractivity contribution is 5.79. The number of morpholine rings is 1. The van der Waals surface area contributed by atoms with E-state index in [0.29, 0.717) is 45.9 Å². The lowest BCUT2D eigenvalue weighted by molar-refractivity contribution is -0.137. The van der Waals surface area contributed by atoms with Gasteiger partial charge in [0, 0.05) is 39.3 Å². The smallest absolute Gasteiger partial charge is 0.236 e. The summed E-state index contributed by atoms with van der Waals surface area (Å²) in [6.07, 6.45) is 0. The van der Waals surface area contributed by atoms with E-state index >= 15 is 0 Å². The van der Waals surface area contributed by atoms with Crippen LogP contribution in [-0.4, -0.2) is 92.1 Å². The highest BCUT2D eigenvalue weighted by Gasteiger charge is 2.25. The number of amides is 2. The summed E-state index contributed by atoms with van der Waals surface area (Å²) in [5.74, 6) is 0.254. The summed E-state index contributed by atoms with van der Waals surface area (Å²) < 4.78 is 5.32. The zero-order chi connectivity index (χ0) is 22.2. The number of piperazine rings is 1. The molecule has 0 radical (unpaired) electrons. The van der Waals surface area contributed by atoms with Crippen molar-refractivity contribution in [3.63, 3.8) is 0 Å². The van der Waals surface area contributed by atoms with E-state index in [1.54, 1.807) is 0 Å². The summed E-state index contributed by atoms with van der Waals surface area (Å²) >= 11 is 0. The first-order valence-corrected chi connectivity index (χ1v) is 11.4. The molecule has 2 heterocycles. The minimum atomic E-state index is -0.0335. The summed E-state index contributed by atoms with van der Waals surface area (Å²) in [6, 6.07) is 20.4. The van der Waals surface area contributed by atoms with Gasteiger partial charge in [0.1, 0.15) is 0 Å². The van der Waals surface area contributed by atoms with Gasteiger partial charge in [-0.1, -0.05) is 60.7 Å². The van der Waals surface area contributed by atoms with Crippen LogP contribution in [0.4, 0.5) is 0 Å². The Kier molecular flexibility index (Phi) is 7.87. The number of hydrogen-bond donors (Lipinski definition) is 1. The van der Waals surface area contributed by atoms with E-state index in [1.165, 1.54) is 0 Å². The number of carbonyl (C=O) groups excluding carboxylic acids is 2. The van der Waals surface area contributed by atoms with Crippen molar-refractivity contribution in [2.75, 3.05) is 65.6 Å².